The van der Waals surface area contributed by atoms with Crippen LogP contribution in [0.15, 0.2) is 10.5 Å². The summed E-state index contributed by atoms with van der Waals surface area (Å²) in [5.41, 5.74) is 3.84. The van der Waals surface area contributed by atoms with Crippen molar-refractivity contribution in [2.24, 2.45) is 5.92 Å². The molecule has 0 fully saturated rings. The highest BCUT2D eigenvalue weighted by Gasteiger charge is 2.26. The van der Waals surface area contributed by atoms with E-state index in [0.717, 1.165) is 40.2 Å². The molecule has 3 aromatic heterocycles. The van der Waals surface area contributed by atoms with E-state index in [-0.39, 0.29) is 17.7 Å². The summed E-state index contributed by atoms with van der Waals surface area (Å²) in [4.78, 5) is 27.4. The molecule has 1 atom stereocenters. The maximum absolute atomic E-state index is 12.8. The van der Waals surface area contributed by atoms with Gasteiger partial charge in [-0.25, -0.2) is 4.79 Å². The van der Waals surface area contributed by atoms with E-state index in [9.17, 15) is 9.59 Å². The van der Waals surface area contributed by atoms with Crippen LogP contribution in [0.25, 0.3) is 11.4 Å². The fraction of sp³-hybridized carbons (Fsp3) is 0.500. The minimum absolute atomic E-state index is 0.155. The number of amides is 1. The van der Waals surface area contributed by atoms with Gasteiger partial charge in [-0.05, 0) is 64.0 Å². The number of nitrogens with one attached hydrogen (secondary N) is 1. The molecule has 3 aromatic rings. The van der Waals surface area contributed by atoms with Crippen LogP contribution in [0.3, 0.4) is 0 Å². The van der Waals surface area contributed by atoms with E-state index < -0.39 is 5.97 Å². The Bertz CT molecular complexity index is 1220. The van der Waals surface area contributed by atoms with Gasteiger partial charge in [-0.15, -0.1) is 32.9 Å². The van der Waals surface area contributed by atoms with Gasteiger partial charge >= 0.3 is 5.97 Å². The van der Waals surface area contributed by atoms with E-state index in [2.05, 4.69) is 46.2 Å². The van der Waals surface area contributed by atoms with Crippen LogP contribution in [0, 0.1) is 19.8 Å². The molecule has 1 aliphatic rings. The number of rotatable bonds is 7. The van der Waals surface area contributed by atoms with Gasteiger partial charge in [-0.2, -0.15) is 0 Å². The van der Waals surface area contributed by atoms with Crippen LogP contribution in [-0.2, 0) is 22.4 Å². The van der Waals surface area contributed by atoms with Crippen LogP contribution in [-0.4, -0.2) is 39.5 Å². The molecule has 0 spiro atoms. The second kappa shape index (κ2) is 10.2. The van der Waals surface area contributed by atoms with Crippen molar-refractivity contribution in [1.29, 1.82) is 0 Å². The van der Waals surface area contributed by atoms with E-state index in [0.29, 0.717) is 10.6 Å². The number of nitrogens with zero attached hydrogens (tertiary/aromatic N) is 3. The molecule has 34 heavy (non-hydrogen) atoms. The SMILES string of the molecule is COC(=O)c1c(NC(=O)CSc2nnc(-c3csc4c3CCC(C)C4)n2C(C)C)sc(C)c1C. The van der Waals surface area contributed by atoms with Crippen molar-refractivity contribution >= 4 is 51.3 Å². The fourth-order valence-electron chi connectivity index (χ4n) is 4.25. The Hall–Kier alpha value is -2.17. The molecular formula is C24H30N4O3S3. The molecule has 1 aliphatic carbocycles. The normalized spacial score (nSPS) is 15.4. The third-order valence-corrected chi connectivity index (χ3v) is 9.30. The molecule has 0 radical (unpaired) electrons. The standard InChI is InChI=1S/C24H30N4O3S3/c1-12(2)28-21(17-10-32-18-9-13(3)7-8-16(17)18)26-27-24(28)33-11-19(29)25-22-20(23(30)31-6)14(4)15(5)34-22/h10,12-13H,7-9,11H2,1-6H3,(H,25,29). The average molecular weight is 519 g/mol. The van der Waals surface area contributed by atoms with Gasteiger partial charge < -0.3 is 10.1 Å². The van der Waals surface area contributed by atoms with Gasteiger partial charge in [0.2, 0.25) is 5.91 Å². The minimum atomic E-state index is -0.442. The number of ether oxygens (including phenoxy) is 1. The van der Waals surface area contributed by atoms with Gasteiger partial charge in [0.25, 0.3) is 0 Å². The van der Waals surface area contributed by atoms with Crippen molar-refractivity contribution in [2.75, 3.05) is 18.2 Å². The third-order valence-electron chi connectivity index (χ3n) is 6.18. The predicted octanol–water partition coefficient (Wildman–Crippen LogP) is 5.91. The number of fused-ring (bicyclic) bond motifs is 1. The number of hydrogen-bond donors (Lipinski definition) is 1. The van der Waals surface area contributed by atoms with Crippen molar-refractivity contribution in [2.45, 2.75) is 65.1 Å². The monoisotopic (exact) mass is 518 g/mol. The first-order valence-corrected chi connectivity index (χ1v) is 14.0. The van der Waals surface area contributed by atoms with Gasteiger partial charge in [0.05, 0.1) is 18.4 Å². The maximum Gasteiger partial charge on any atom is 0.341 e. The van der Waals surface area contributed by atoms with Gasteiger partial charge in [-0.3, -0.25) is 9.36 Å². The van der Waals surface area contributed by atoms with E-state index >= 15 is 0 Å². The van der Waals surface area contributed by atoms with Crippen LogP contribution < -0.4 is 5.32 Å². The van der Waals surface area contributed by atoms with Crippen LogP contribution in [0.5, 0.6) is 0 Å². The van der Waals surface area contributed by atoms with Gasteiger partial charge in [0, 0.05) is 26.7 Å². The Morgan fingerprint density at radius 3 is 2.79 bits per heavy atom. The molecule has 1 unspecified atom stereocenters. The van der Waals surface area contributed by atoms with E-state index in [1.54, 1.807) is 0 Å². The zero-order valence-electron chi connectivity index (χ0n) is 20.4. The first-order valence-electron chi connectivity index (χ1n) is 11.4. The first-order chi connectivity index (χ1) is 16.2. The molecular weight excluding hydrogens is 488 g/mol. The lowest BCUT2D eigenvalue weighted by Gasteiger charge is -2.19. The first kappa shape index (κ1) is 24.9. The van der Waals surface area contributed by atoms with E-state index in [1.165, 1.54) is 52.6 Å². The highest BCUT2D eigenvalue weighted by molar-refractivity contribution is 7.99. The molecule has 0 saturated carbocycles. The highest BCUT2D eigenvalue weighted by Crippen LogP contribution is 2.39. The van der Waals surface area contributed by atoms with Crippen molar-refractivity contribution in [1.82, 2.24) is 14.8 Å². The molecule has 0 saturated heterocycles. The molecule has 1 amide bonds. The lowest BCUT2D eigenvalue weighted by Crippen LogP contribution is -2.16. The summed E-state index contributed by atoms with van der Waals surface area (Å²) < 4.78 is 7.02. The van der Waals surface area contributed by atoms with Crippen molar-refractivity contribution in [3.63, 3.8) is 0 Å². The van der Waals surface area contributed by atoms with Crippen LogP contribution in [0.1, 0.15) is 64.5 Å². The Morgan fingerprint density at radius 1 is 1.32 bits per heavy atom. The topological polar surface area (TPSA) is 86.1 Å². The number of carbonyl (C=O) groups is 2. The summed E-state index contributed by atoms with van der Waals surface area (Å²) in [6, 6.07) is 0.155. The number of thiophene rings is 2. The van der Waals surface area contributed by atoms with Crippen molar-refractivity contribution < 1.29 is 14.3 Å². The molecule has 1 N–H and O–H groups in total. The summed E-state index contributed by atoms with van der Waals surface area (Å²) in [5, 5.41) is 15.3. The molecule has 0 aliphatic heterocycles. The summed E-state index contributed by atoms with van der Waals surface area (Å²) in [7, 11) is 1.34. The highest BCUT2D eigenvalue weighted by atomic mass is 32.2. The Labute approximate surface area is 212 Å². The number of aromatic nitrogens is 3. The molecule has 0 bridgehead atoms. The minimum Gasteiger partial charge on any atom is -0.465 e. The lowest BCUT2D eigenvalue weighted by atomic mass is 9.88. The van der Waals surface area contributed by atoms with Crippen molar-refractivity contribution in [3.05, 3.63) is 31.8 Å². The summed E-state index contributed by atoms with van der Waals surface area (Å²) in [6.45, 7) is 10.3. The number of anilines is 1. The van der Waals surface area contributed by atoms with Crippen LogP contribution in [0.2, 0.25) is 0 Å². The van der Waals surface area contributed by atoms with E-state index in [4.69, 9.17) is 4.74 Å². The smallest absolute Gasteiger partial charge is 0.341 e. The third kappa shape index (κ3) is 4.81. The lowest BCUT2D eigenvalue weighted by molar-refractivity contribution is -0.113. The Balaban J connectivity index is 1.52. The molecule has 182 valence electrons. The summed E-state index contributed by atoms with van der Waals surface area (Å²) >= 11 is 4.56. The molecule has 10 heteroatoms. The number of aryl methyl sites for hydroxylation is 1. The largest absolute Gasteiger partial charge is 0.465 e. The molecule has 4 rings (SSSR count). The zero-order chi connectivity index (χ0) is 24.6. The summed E-state index contributed by atoms with van der Waals surface area (Å²) in [6.07, 6.45) is 3.41. The fourth-order valence-corrected chi connectivity index (χ4v) is 7.42. The Morgan fingerprint density at radius 2 is 2.09 bits per heavy atom. The van der Waals surface area contributed by atoms with Crippen LogP contribution in [0.4, 0.5) is 5.00 Å². The quantitative estimate of drug-likeness (QED) is 0.309. The number of thioether (sulfide) groups is 1. The molecule has 7 nitrogen and oxygen atoms in total. The predicted molar refractivity (Wildman–Crippen MR) is 139 cm³/mol. The number of methoxy groups -OCH3 is 1. The number of esters is 1. The number of carbonyl (C=O) groups excluding carboxylic acids is 2. The zero-order valence-corrected chi connectivity index (χ0v) is 22.8. The Kier molecular flexibility index (Phi) is 7.49. The van der Waals surface area contributed by atoms with Crippen LogP contribution >= 0.6 is 34.4 Å². The number of hydrogen-bond acceptors (Lipinski definition) is 8. The molecule has 0 aromatic carbocycles. The average Bonchev–Trinajstić information content (AvgIpc) is 3.47. The van der Waals surface area contributed by atoms with Gasteiger partial charge in [0.15, 0.2) is 11.0 Å². The summed E-state index contributed by atoms with van der Waals surface area (Å²) in [5.74, 6) is 1.13. The van der Waals surface area contributed by atoms with Gasteiger partial charge in [0.1, 0.15) is 5.00 Å². The molecule has 3 heterocycles. The van der Waals surface area contributed by atoms with E-state index in [1.807, 2.05) is 25.2 Å². The van der Waals surface area contributed by atoms with Gasteiger partial charge in [-0.1, -0.05) is 18.7 Å². The van der Waals surface area contributed by atoms with Crippen molar-refractivity contribution in [3.8, 4) is 11.4 Å². The second-order valence-electron chi connectivity index (χ2n) is 8.98. The maximum atomic E-state index is 12.8. The second-order valence-corrected chi connectivity index (χ2v) is 12.1.